The van der Waals surface area contributed by atoms with Crippen molar-refractivity contribution >= 4 is 29.1 Å². The van der Waals surface area contributed by atoms with Crippen LogP contribution < -0.4 is 15.0 Å². The summed E-state index contributed by atoms with van der Waals surface area (Å²) >= 11 is 0. The molecule has 1 atom stereocenters. The van der Waals surface area contributed by atoms with Gasteiger partial charge in [0.1, 0.15) is 11.8 Å². The normalized spacial score (nSPS) is 17.5. The number of fused-ring (bicyclic) bond motifs is 1. The molecule has 0 spiro atoms. The third kappa shape index (κ3) is 3.62. The molecule has 8 nitrogen and oxygen atoms in total. The third-order valence-electron chi connectivity index (χ3n) is 5.73. The number of carbonyl (C=O) groups is 3. The second-order valence-corrected chi connectivity index (χ2v) is 7.65. The molecule has 1 aromatic carbocycles. The minimum Gasteiger partial charge on any atom is -0.497 e. The number of Topliss-reactive ketones (excluding diaryl/α,β-unsaturated/α-hetero) is 1. The van der Waals surface area contributed by atoms with E-state index in [9.17, 15) is 14.4 Å². The van der Waals surface area contributed by atoms with Crippen molar-refractivity contribution in [2.24, 2.45) is 13.0 Å². The van der Waals surface area contributed by atoms with Crippen molar-refractivity contribution in [2.75, 3.05) is 17.3 Å². The van der Waals surface area contributed by atoms with Crippen molar-refractivity contribution < 1.29 is 19.1 Å². The Hall–Kier alpha value is -3.16. The van der Waals surface area contributed by atoms with Crippen molar-refractivity contribution in [2.45, 2.75) is 38.1 Å². The average molecular weight is 396 g/mol. The quantitative estimate of drug-likeness (QED) is 0.758. The highest BCUT2D eigenvalue weighted by atomic mass is 16.5. The summed E-state index contributed by atoms with van der Waals surface area (Å²) in [5.41, 5.74) is 0.733. The topological polar surface area (TPSA) is 93.5 Å². The molecule has 1 saturated carbocycles. The van der Waals surface area contributed by atoms with Crippen LogP contribution in [0.1, 0.15) is 42.5 Å². The predicted octanol–water partition coefficient (Wildman–Crippen LogP) is 2.55. The first-order valence-electron chi connectivity index (χ1n) is 9.84. The van der Waals surface area contributed by atoms with Gasteiger partial charge in [0.25, 0.3) is 11.7 Å². The van der Waals surface area contributed by atoms with Crippen molar-refractivity contribution in [3.8, 4) is 5.75 Å². The molecule has 1 aliphatic heterocycles. The van der Waals surface area contributed by atoms with E-state index in [-0.39, 0.29) is 11.5 Å². The predicted molar refractivity (Wildman–Crippen MR) is 107 cm³/mol. The first-order chi connectivity index (χ1) is 14.0. The zero-order valence-corrected chi connectivity index (χ0v) is 16.6. The number of rotatable bonds is 6. The molecule has 1 aromatic heterocycles. The lowest BCUT2D eigenvalue weighted by Crippen LogP contribution is -2.48. The molecule has 0 radical (unpaired) electrons. The number of amides is 2. The Morgan fingerprint density at radius 3 is 2.69 bits per heavy atom. The minimum absolute atomic E-state index is 0.274. The van der Waals surface area contributed by atoms with E-state index in [1.54, 1.807) is 42.2 Å². The fraction of sp³-hybridized carbons (Fsp3) is 0.429. The summed E-state index contributed by atoms with van der Waals surface area (Å²) in [6.45, 7) is 0. The van der Waals surface area contributed by atoms with Gasteiger partial charge in [-0.15, -0.1) is 0 Å². The van der Waals surface area contributed by atoms with Gasteiger partial charge in [0.2, 0.25) is 5.91 Å². The van der Waals surface area contributed by atoms with Gasteiger partial charge in [0, 0.05) is 19.3 Å². The van der Waals surface area contributed by atoms with Gasteiger partial charge in [0.15, 0.2) is 5.82 Å². The lowest BCUT2D eigenvalue weighted by molar-refractivity contribution is -0.121. The highest BCUT2D eigenvalue weighted by Crippen LogP contribution is 2.37. The van der Waals surface area contributed by atoms with E-state index >= 15 is 0 Å². The summed E-state index contributed by atoms with van der Waals surface area (Å²) in [6, 6.07) is 5.85. The molecular weight excluding hydrogens is 372 g/mol. The fourth-order valence-corrected chi connectivity index (χ4v) is 4.26. The molecule has 152 valence electrons. The molecule has 2 amide bonds. The van der Waals surface area contributed by atoms with Crippen LogP contribution in [0.3, 0.4) is 0 Å². The number of nitrogens with zero attached hydrogens (tertiary/aromatic N) is 3. The number of carbonyl (C=O) groups excluding carboxylic acids is 3. The summed E-state index contributed by atoms with van der Waals surface area (Å²) in [5, 5.41) is 6.99. The van der Waals surface area contributed by atoms with Crippen LogP contribution in [-0.2, 0) is 16.6 Å². The largest absolute Gasteiger partial charge is 0.497 e. The molecule has 1 fully saturated rings. The van der Waals surface area contributed by atoms with Gasteiger partial charge in [0.05, 0.1) is 18.4 Å². The zero-order valence-electron chi connectivity index (χ0n) is 16.6. The fourth-order valence-electron chi connectivity index (χ4n) is 4.26. The average Bonchev–Trinajstić information content (AvgIpc) is 3.42. The van der Waals surface area contributed by atoms with Crippen LogP contribution in [0, 0.1) is 5.92 Å². The third-order valence-corrected chi connectivity index (χ3v) is 5.73. The van der Waals surface area contributed by atoms with Gasteiger partial charge in [-0.05, 0) is 30.5 Å². The van der Waals surface area contributed by atoms with Crippen LogP contribution in [0.4, 0.5) is 11.5 Å². The molecule has 2 aliphatic rings. The Bertz CT molecular complexity index is 961. The van der Waals surface area contributed by atoms with Crippen molar-refractivity contribution in [1.82, 2.24) is 9.78 Å². The van der Waals surface area contributed by atoms with Gasteiger partial charge in [-0.25, -0.2) is 0 Å². The standard InChI is InChI=1S/C21H24N4O4/c1-24-10-9-18(23-24)22-20(27)17(11-13-5-3-4-6-13)25-16-8-7-14(29-2)12-15(16)19(26)21(25)28/h7-10,12-13,17H,3-6,11H2,1-2H3,(H,22,23,27). The monoisotopic (exact) mass is 396 g/mol. The lowest BCUT2D eigenvalue weighted by Gasteiger charge is -2.29. The molecular formula is C21H24N4O4. The van der Waals surface area contributed by atoms with E-state index in [4.69, 9.17) is 4.74 Å². The van der Waals surface area contributed by atoms with Crippen LogP contribution >= 0.6 is 0 Å². The summed E-state index contributed by atoms with van der Waals surface area (Å²) < 4.78 is 6.77. The van der Waals surface area contributed by atoms with E-state index in [2.05, 4.69) is 10.4 Å². The Labute approximate surface area is 168 Å². The van der Waals surface area contributed by atoms with Gasteiger partial charge < -0.3 is 10.1 Å². The molecule has 2 heterocycles. The first-order valence-corrected chi connectivity index (χ1v) is 9.84. The van der Waals surface area contributed by atoms with E-state index in [1.807, 2.05) is 0 Å². The highest BCUT2D eigenvalue weighted by molar-refractivity contribution is 6.53. The smallest absolute Gasteiger partial charge is 0.300 e. The minimum atomic E-state index is -0.772. The Balaban J connectivity index is 1.67. The molecule has 0 bridgehead atoms. The summed E-state index contributed by atoms with van der Waals surface area (Å²) in [5.74, 6) is -0.354. The molecule has 8 heteroatoms. The number of ketones is 1. The van der Waals surface area contributed by atoms with Crippen LogP contribution in [-0.4, -0.2) is 40.5 Å². The number of hydrogen-bond acceptors (Lipinski definition) is 5. The van der Waals surface area contributed by atoms with E-state index in [0.29, 0.717) is 29.6 Å². The van der Waals surface area contributed by atoms with Gasteiger partial charge in [-0.1, -0.05) is 25.7 Å². The number of aromatic nitrogens is 2. The van der Waals surface area contributed by atoms with E-state index < -0.39 is 17.7 Å². The van der Waals surface area contributed by atoms with E-state index in [1.165, 1.54) is 12.0 Å². The second-order valence-electron chi connectivity index (χ2n) is 7.65. The summed E-state index contributed by atoms with van der Waals surface area (Å²) in [4.78, 5) is 40.0. The van der Waals surface area contributed by atoms with Crippen LogP contribution in [0.25, 0.3) is 0 Å². The number of benzene rings is 1. The van der Waals surface area contributed by atoms with Crippen LogP contribution in [0.2, 0.25) is 0 Å². The maximum atomic E-state index is 13.2. The molecule has 2 aromatic rings. The number of ether oxygens (including phenoxy) is 1. The SMILES string of the molecule is COc1ccc2c(c1)C(=O)C(=O)N2C(CC1CCCC1)C(=O)Nc1ccn(C)n1. The molecule has 0 saturated heterocycles. The summed E-state index contributed by atoms with van der Waals surface area (Å²) in [6.07, 6.45) is 6.55. The maximum absolute atomic E-state index is 13.2. The summed E-state index contributed by atoms with van der Waals surface area (Å²) in [7, 11) is 3.27. The molecule has 1 unspecified atom stereocenters. The highest BCUT2D eigenvalue weighted by Gasteiger charge is 2.43. The van der Waals surface area contributed by atoms with Crippen molar-refractivity contribution in [3.63, 3.8) is 0 Å². The number of anilines is 2. The van der Waals surface area contributed by atoms with Crippen molar-refractivity contribution in [1.29, 1.82) is 0 Å². The lowest BCUT2D eigenvalue weighted by atomic mass is 9.96. The molecule has 29 heavy (non-hydrogen) atoms. The second kappa shape index (κ2) is 7.69. The van der Waals surface area contributed by atoms with Gasteiger partial charge >= 0.3 is 0 Å². The number of nitrogens with one attached hydrogen (secondary N) is 1. The number of hydrogen-bond donors (Lipinski definition) is 1. The van der Waals surface area contributed by atoms with E-state index in [0.717, 1.165) is 25.7 Å². The number of aryl methyl sites for hydroxylation is 1. The first kappa shape index (κ1) is 19.2. The Kier molecular flexibility index (Phi) is 5.08. The molecule has 4 rings (SSSR count). The van der Waals surface area contributed by atoms with Gasteiger partial charge in [-0.3, -0.25) is 24.0 Å². The van der Waals surface area contributed by atoms with Crippen LogP contribution in [0.15, 0.2) is 30.5 Å². The Morgan fingerprint density at radius 1 is 1.28 bits per heavy atom. The molecule has 1 aliphatic carbocycles. The van der Waals surface area contributed by atoms with Crippen molar-refractivity contribution in [3.05, 3.63) is 36.0 Å². The Morgan fingerprint density at radius 2 is 2.03 bits per heavy atom. The maximum Gasteiger partial charge on any atom is 0.300 e. The van der Waals surface area contributed by atoms with Gasteiger partial charge in [-0.2, -0.15) is 5.10 Å². The molecule has 1 N–H and O–H groups in total. The zero-order chi connectivity index (χ0) is 20.5. The number of methoxy groups -OCH3 is 1. The van der Waals surface area contributed by atoms with Crippen LogP contribution in [0.5, 0.6) is 5.75 Å².